The maximum absolute atomic E-state index is 13.1. The van der Waals surface area contributed by atoms with Crippen molar-refractivity contribution in [3.05, 3.63) is 111 Å². The third kappa shape index (κ3) is 4.99. The van der Waals surface area contributed by atoms with E-state index < -0.39 is 0 Å². The fourth-order valence-corrected chi connectivity index (χ4v) is 4.66. The van der Waals surface area contributed by atoms with Crippen molar-refractivity contribution in [1.29, 1.82) is 0 Å². The summed E-state index contributed by atoms with van der Waals surface area (Å²) in [6.45, 7) is 7.77. The third-order valence-corrected chi connectivity index (χ3v) is 6.71. The van der Waals surface area contributed by atoms with Crippen LogP contribution in [-0.4, -0.2) is 30.1 Å². The van der Waals surface area contributed by atoms with Gasteiger partial charge in [0.25, 0.3) is 5.56 Å². The monoisotopic (exact) mass is 482 g/mol. The highest BCUT2D eigenvalue weighted by atomic mass is 16.3. The van der Waals surface area contributed by atoms with E-state index in [-0.39, 0.29) is 11.6 Å². The molecule has 2 aromatic carbocycles. The minimum atomic E-state index is -0.122. The number of nitrogens with one attached hydrogen (secondary N) is 1. The molecule has 3 heterocycles. The summed E-state index contributed by atoms with van der Waals surface area (Å²) < 4.78 is 7.53. The second-order valence-electron chi connectivity index (χ2n) is 9.24. The number of tetrazole rings is 1. The highest BCUT2D eigenvalue weighted by molar-refractivity contribution is 5.80. The van der Waals surface area contributed by atoms with Crippen molar-refractivity contribution in [2.45, 2.75) is 52.9 Å². The molecule has 8 heteroatoms. The summed E-state index contributed by atoms with van der Waals surface area (Å²) in [4.78, 5) is 18.4. The molecule has 0 aliphatic carbocycles. The number of hydrogen-bond donors (Lipinski definition) is 1. The number of aryl methyl sites for hydroxylation is 2. The summed E-state index contributed by atoms with van der Waals surface area (Å²) in [6.07, 6.45) is 2.43. The molecule has 8 nitrogen and oxygen atoms in total. The van der Waals surface area contributed by atoms with Crippen LogP contribution < -0.4 is 5.56 Å². The molecule has 3 aromatic heterocycles. The Bertz CT molecular complexity index is 1500. The van der Waals surface area contributed by atoms with Crippen molar-refractivity contribution in [3.8, 4) is 0 Å². The number of aromatic amines is 1. The highest BCUT2D eigenvalue weighted by Gasteiger charge is 2.27. The molecule has 0 amide bonds. The van der Waals surface area contributed by atoms with E-state index in [9.17, 15) is 4.79 Å². The predicted molar refractivity (Wildman–Crippen MR) is 138 cm³/mol. The molecule has 1 N–H and O–H groups in total. The predicted octanol–water partition coefficient (Wildman–Crippen LogP) is 4.93. The molecule has 184 valence electrons. The number of rotatable bonds is 9. The number of H-pyrrole nitrogens is 1. The topological polar surface area (TPSA) is 92.8 Å². The maximum atomic E-state index is 13.1. The van der Waals surface area contributed by atoms with E-state index in [0.29, 0.717) is 25.2 Å². The number of aromatic nitrogens is 5. The Balaban J connectivity index is 1.51. The van der Waals surface area contributed by atoms with Gasteiger partial charge in [0, 0.05) is 17.6 Å². The van der Waals surface area contributed by atoms with Gasteiger partial charge < -0.3 is 9.40 Å². The largest absolute Gasteiger partial charge is 0.468 e. The minimum Gasteiger partial charge on any atom is -0.468 e. The summed E-state index contributed by atoms with van der Waals surface area (Å²) in [7, 11) is 0. The maximum Gasteiger partial charge on any atom is 0.252 e. The fraction of sp³-hybridized carbons (Fsp3) is 0.286. The molecule has 0 aliphatic rings. The number of benzene rings is 2. The standard InChI is InChI=1S/C28H30N6O2/c1-4-26(27-30-31-32-34(27)16-21-9-6-5-7-10-21)33(18-24-11-8-12-36-24)17-23-15-22-13-19(2)20(3)14-25(22)29-28(23)35/h5-15,26H,4,16-18H2,1-3H3,(H,29,35)/t26-/m0/s1. The zero-order valence-corrected chi connectivity index (χ0v) is 20.8. The number of hydrogen-bond acceptors (Lipinski definition) is 6. The van der Waals surface area contributed by atoms with E-state index in [1.807, 2.05) is 47.1 Å². The van der Waals surface area contributed by atoms with Crippen LogP contribution in [0.3, 0.4) is 0 Å². The zero-order chi connectivity index (χ0) is 25.1. The Morgan fingerprint density at radius 3 is 2.58 bits per heavy atom. The number of fused-ring (bicyclic) bond motifs is 1. The van der Waals surface area contributed by atoms with E-state index in [0.717, 1.165) is 40.0 Å². The van der Waals surface area contributed by atoms with Crippen LogP contribution in [0.5, 0.6) is 0 Å². The summed E-state index contributed by atoms with van der Waals surface area (Å²) in [5, 5.41) is 13.7. The zero-order valence-electron chi connectivity index (χ0n) is 20.8. The van der Waals surface area contributed by atoms with Crippen LogP contribution in [-0.2, 0) is 19.6 Å². The summed E-state index contributed by atoms with van der Waals surface area (Å²) in [6, 6.07) is 20.0. The van der Waals surface area contributed by atoms with Crippen LogP contribution >= 0.6 is 0 Å². The molecule has 0 aliphatic heterocycles. The van der Waals surface area contributed by atoms with Crippen molar-refractivity contribution >= 4 is 10.9 Å². The Labute approximate surface area is 209 Å². The smallest absolute Gasteiger partial charge is 0.252 e. The second-order valence-corrected chi connectivity index (χ2v) is 9.24. The summed E-state index contributed by atoms with van der Waals surface area (Å²) in [5.74, 6) is 1.58. The molecule has 0 saturated carbocycles. The SMILES string of the molecule is CC[C@@H](c1nnnn1Cc1ccccc1)N(Cc1ccco1)Cc1cc2cc(C)c(C)cc2[nH]c1=O. The minimum absolute atomic E-state index is 0.0890. The molecular weight excluding hydrogens is 452 g/mol. The van der Waals surface area contributed by atoms with Crippen LogP contribution in [0.2, 0.25) is 0 Å². The lowest BCUT2D eigenvalue weighted by atomic mass is 10.0. The van der Waals surface area contributed by atoms with Crippen LogP contribution in [0, 0.1) is 13.8 Å². The molecule has 5 aromatic rings. The fourth-order valence-electron chi connectivity index (χ4n) is 4.66. The van der Waals surface area contributed by atoms with Crippen LogP contribution in [0.25, 0.3) is 10.9 Å². The van der Waals surface area contributed by atoms with Crippen molar-refractivity contribution in [3.63, 3.8) is 0 Å². The normalized spacial score (nSPS) is 12.4. The van der Waals surface area contributed by atoms with Gasteiger partial charge in [0.1, 0.15) is 5.76 Å². The lowest BCUT2D eigenvalue weighted by Crippen LogP contribution is -2.32. The summed E-state index contributed by atoms with van der Waals surface area (Å²) >= 11 is 0. The first-order valence-corrected chi connectivity index (χ1v) is 12.2. The lowest BCUT2D eigenvalue weighted by Gasteiger charge is -2.29. The molecule has 0 bridgehead atoms. The van der Waals surface area contributed by atoms with E-state index in [2.05, 4.69) is 64.4 Å². The van der Waals surface area contributed by atoms with Gasteiger partial charge in [0.15, 0.2) is 5.82 Å². The van der Waals surface area contributed by atoms with Gasteiger partial charge in [-0.25, -0.2) is 4.68 Å². The Kier molecular flexibility index (Phi) is 6.77. The Morgan fingerprint density at radius 1 is 1.03 bits per heavy atom. The van der Waals surface area contributed by atoms with Crippen LogP contribution in [0.4, 0.5) is 0 Å². The summed E-state index contributed by atoms with van der Waals surface area (Å²) in [5.41, 5.74) is 4.92. The van der Waals surface area contributed by atoms with Crippen molar-refractivity contribution in [1.82, 2.24) is 30.1 Å². The van der Waals surface area contributed by atoms with Gasteiger partial charge in [0.2, 0.25) is 0 Å². The van der Waals surface area contributed by atoms with Crippen molar-refractivity contribution in [2.24, 2.45) is 0 Å². The molecule has 0 radical (unpaired) electrons. The first kappa shape index (κ1) is 23.7. The highest BCUT2D eigenvalue weighted by Crippen LogP contribution is 2.27. The average Bonchev–Trinajstić information content (AvgIpc) is 3.55. The van der Waals surface area contributed by atoms with Gasteiger partial charge >= 0.3 is 0 Å². The first-order valence-electron chi connectivity index (χ1n) is 12.2. The number of nitrogens with zero attached hydrogens (tertiary/aromatic N) is 5. The molecule has 0 unspecified atom stereocenters. The van der Waals surface area contributed by atoms with E-state index in [4.69, 9.17) is 4.42 Å². The van der Waals surface area contributed by atoms with Crippen molar-refractivity contribution < 1.29 is 4.42 Å². The molecule has 1 atom stereocenters. The molecule has 36 heavy (non-hydrogen) atoms. The Morgan fingerprint density at radius 2 is 1.83 bits per heavy atom. The van der Waals surface area contributed by atoms with Gasteiger partial charge in [-0.2, -0.15) is 0 Å². The van der Waals surface area contributed by atoms with E-state index in [1.54, 1.807) is 6.26 Å². The molecule has 0 fully saturated rings. The van der Waals surface area contributed by atoms with Gasteiger partial charge in [-0.3, -0.25) is 9.69 Å². The van der Waals surface area contributed by atoms with E-state index in [1.165, 1.54) is 5.56 Å². The van der Waals surface area contributed by atoms with Gasteiger partial charge in [-0.1, -0.05) is 37.3 Å². The number of furan rings is 1. The van der Waals surface area contributed by atoms with Gasteiger partial charge in [0.05, 0.1) is 25.4 Å². The number of pyridine rings is 1. The van der Waals surface area contributed by atoms with Gasteiger partial charge in [-0.05, 0) is 83.1 Å². The molecule has 0 saturated heterocycles. The van der Waals surface area contributed by atoms with Crippen molar-refractivity contribution in [2.75, 3.05) is 0 Å². The molecular formula is C28H30N6O2. The molecule has 5 rings (SSSR count). The molecule has 0 spiro atoms. The van der Waals surface area contributed by atoms with Crippen LogP contribution in [0.15, 0.2) is 76.1 Å². The second kappa shape index (κ2) is 10.3. The van der Waals surface area contributed by atoms with Gasteiger partial charge in [-0.15, -0.1) is 5.10 Å². The lowest BCUT2D eigenvalue weighted by molar-refractivity contribution is 0.149. The average molecular weight is 483 g/mol. The van der Waals surface area contributed by atoms with E-state index >= 15 is 0 Å². The third-order valence-electron chi connectivity index (χ3n) is 6.71. The Hall–Kier alpha value is -4.04. The first-order chi connectivity index (χ1) is 17.5. The van der Waals surface area contributed by atoms with Crippen LogP contribution in [0.1, 0.15) is 53.2 Å². The quantitative estimate of drug-likeness (QED) is 0.320.